The predicted molar refractivity (Wildman–Crippen MR) is 236 cm³/mol. The van der Waals surface area contributed by atoms with Crippen LogP contribution in [0.2, 0.25) is 0 Å². The first-order valence-corrected chi connectivity index (χ1v) is 19.4. The molecule has 0 radical (unpaired) electrons. The molecule has 0 amide bonds. The number of imidazole rings is 1. The zero-order chi connectivity index (χ0) is 38.4. The van der Waals surface area contributed by atoms with E-state index in [0.29, 0.717) is 5.82 Å². The van der Waals surface area contributed by atoms with Crippen LogP contribution < -0.4 is 0 Å². The average Bonchev–Trinajstić information content (AvgIpc) is 3.87. The van der Waals surface area contributed by atoms with Gasteiger partial charge in [-0.15, -0.1) is 0 Å². The van der Waals surface area contributed by atoms with E-state index >= 15 is 0 Å². The Morgan fingerprint density at radius 1 is 0.362 bits per heavy atom. The number of hydrogen-bond donors (Lipinski definition) is 0. The van der Waals surface area contributed by atoms with Crippen LogP contribution in [0.15, 0.2) is 206 Å². The molecule has 272 valence electrons. The number of pyridine rings is 1. The second-order valence-electron chi connectivity index (χ2n) is 14.3. The van der Waals surface area contributed by atoms with Gasteiger partial charge >= 0.3 is 0 Å². The summed E-state index contributed by atoms with van der Waals surface area (Å²) in [5.41, 5.74) is 13.0. The minimum Gasteiger partial charge on any atom is -0.277 e. The van der Waals surface area contributed by atoms with E-state index in [1.807, 2.05) is 42.6 Å². The molecule has 0 bridgehead atoms. The fraction of sp³-hybridized carbons (Fsp3) is 0. The van der Waals surface area contributed by atoms with Gasteiger partial charge in [-0.2, -0.15) is 0 Å². The molecule has 0 aliphatic heterocycles. The summed E-state index contributed by atoms with van der Waals surface area (Å²) in [5.74, 6) is 2.36. The number of hydrogen-bond acceptors (Lipinski definition) is 4. The summed E-state index contributed by atoms with van der Waals surface area (Å²) >= 11 is 0. The first kappa shape index (κ1) is 33.4. The summed E-state index contributed by atoms with van der Waals surface area (Å²) < 4.78 is 4.41. The Bertz CT molecular complexity index is 3260. The molecule has 0 saturated carbocycles. The largest absolute Gasteiger partial charge is 0.277 e. The lowest BCUT2D eigenvalue weighted by Crippen LogP contribution is -2.03. The Balaban J connectivity index is 1.10. The Morgan fingerprint density at radius 2 is 0.914 bits per heavy atom. The Kier molecular flexibility index (Phi) is 8.04. The van der Waals surface area contributed by atoms with E-state index in [0.717, 1.165) is 95.1 Å². The number of nitrogens with zero attached hydrogens (tertiary/aromatic N) is 6. The van der Waals surface area contributed by atoms with Crippen LogP contribution >= 0.6 is 0 Å². The molecule has 0 atom stereocenters. The highest BCUT2D eigenvalue weighted by Gasteiger charge is 2.22. The van der Waals surface area contributed by atoms with Gasteiger partial charge in [0, 0.05) is 44.9 Å². The van der Waals surface area contributed by atoms with Gasteiger partial charge in [0.05, 0.1) is 5.69 Å². The number of aromatic nitrogens is 6. The second-order valence-corrected chi connectivity index (χ2v) is 14.3. The van der Waals surface area contributed by atoms with Crippen LogP contribution in [-0.4, -0.2) is 28.9 Å². The van der Waals surface area contributed by atoms with E-state index in [1.165, 1.54) is 0 Å². The van der Waals surface area contributed by atoms with Crippen LogP contribution in [0.5, 0.6) is 0 Å². The third-order valence-corrected chi connectivity index (χ3v) is 10.8. The van der Waals surface area contributed by atoms with Crippen molar-refractivity contribution in [3.63, 3.8) is 0 Å². The van der Waals surface area contributed by atoms with Crippen LogP contribution in [0.25, 0.3) is 101 Å². The van der Waals surface area contributed by atoms with Gasteiger partial charge < -0.3 is 0 Å². The molecule has 11 rings (SSSR count). The van der Waals surface area contributed by atoms with Crippen LogP contribution in [-0.2, 0) is 0 Å². The van der Waals surface area contributed by atoms with Crippen molar-refractivity contribution < 1.29 is 0 Å². The summed E-state index contributed by atoms with van der Waals surface area (Å²) in [6.45, 7) is 0. The summed E-state index contributed by atoms with van der Waals surface area (Å²) in [6.07, 6.45) is 1.88. The maximum atomic E-state index is 5.35. The number of benzene rings is 7. The summed E-state index contributed by atoms with van der Waals surface area (Å²) in [4.78, 5) is 20.8. The SMILES string of the molecule is c1ccc(-c2nc(-c3ccccc3)n3c(-c4cccc(-c5cccc(-c6nc7c(-c8ccccc8)ccnc7n6-c6ccccc6)c5)c4)c4ccccc4c3n2)cc1. The van der Waals surface area contributed by atoms with E-state index in [1.54, 1.807) is 0 Å². The van der Waals surface area contributed by atoms with E-state index in [2.05, 4.69) is 173 Å². The van der Waals surface area contributed by atoms with Crippen LogP contribution in [0.4, 0.5) is 0 Å². The number of rotatable bonds is 7. The minimum absolute atomic E-state index is 0.694. The zero-order valence-corrected chi connectivity index (χ0v) is 31.3. The molecular weight excluding hydrogens is 709 g/mol. The highest BCUT2D eigenvalue weighted by molar-refractivity contribution is 6.06. The topological polar surface area (TPSA) is 60.9 Å². The van der Waals surface area contributed by atoms with Crippen molar-refractivity contribution in [2.45, 2.75) is 0 Å². The smallest absolute Gasteiger partial charge is 0.165 e. The molecule has 0 fully saturated rings. The molecule has 0 spiro atoms. The van der Waals surface area contributed by atoms with E-state index < -0.39 is 0 Å². The number of para-hydroxylation sites is 1. The fourth-order valence-electron chi connectivity index (χ4n) is 8.13. The number of fused-ring (bicyclic) bond motifs is 4. The highest BCUT2D eigenvalue weighted by Crippen LogP contribution is 2.40. The molecule has 6 nitrogen and oxygen atoms in total. The monoisotopic (exact) mass is 742 g/mol. The lowest BCUT2D eigenvalue weighted by atomic mass is 9.98. The Morgan fingerprint density at radius 3 is 1.62 bits per heavy atom. The van der Waals surface area contributed by atoms with Gasteiger partial charge in [0.25, 0.3) is 0 Å². The summed E-state index contributed by atoms with van der Waals surface area (Å²) in [7, 11) is 0. The Labute approximate surface area is 335 Å². The van der Waals surface area contributed by atoms with E-state index in [9.17, 15) is 0 Å². The normalized spacial score (nSPS) is 11.4. The molecule has 0 unspecified atom stereocenters. The van der Waals surface area contributed by atoms with Gasteiger partial charge in [0.1, 0.15) is 22.8 Å². The zero-order valence-electron chi connectivity index (χ0n) is 31.3. The first-order valence-electron chi connectivity index (χ1n) is 19.4. The van der Waals surface area contributed by atoms with Crippen molar-refractivity contribution in [2.75, 3.05) is 0 Å². The van der Waals surface area contributed by atoms with E-state index in [4.69, 9.17) is 19.9 Å². The molecule has 0 saturated heterocycles. The molecule has 0 N–H and O–H groups in total. The molecule has 58 heavy (non-hydrogen) atoms. The van der Waals surface area contributed by atoms with Gasteiger partial charge in [0.2, 0.25) is 0 Å². The lowest BCUT2D eigenvalue weighted by Gasteiger charge is -2.13. The highest BCUT2D eigenvalue weighted by atomic mass is 15.1. The van der Waals surface area contributed by atoms with Crippen molar-refractivity contribution in [1.29, 1.82) is 0 Å². The van der Waals surface area contributed by atoms with Crippen LogP contribution in [0.1, 0.15) is 0 Å². The molecule has 0 aliphatic rings. The van der Waals surface area contributed by atoms with Gasteiger partial charge in [0.15, 0.2) is 11.5 Å². The molecule has 7 aromatic carbocycles. The van der Waals surface area contributed by atoms with Gasteiger partial charge in [-0.05, 0) is 52.6 Å². The first-order chi connectivity index (χ1) is 28.8. The predicted octanol–water partition coefficient (Wildman–Crippen LogP) is 12.6. The molecule has 6 heteroatoms. The lowest BCUT2D eigenvalue weighted by molar-refractivity contribution is 1.05. The molecule has 4 aromatic heterocycles. The van der Waals surface area contributed by atoms with Gasteiger partial charge in [-0.25, -0.2) is 19.9 Å². The summed E-state index contributed by atoms with van der Waals surface area (Å²) in [5, 5.41) is 2.19. The fourth-order valence-corrected chi connectivity index (χ4v) is 8.13. The third-order valence-electron chi connectivity index (χ3n) is 10.8. The van der Waals surface area contributed by atoms with Crippen molar-refractivity contribution in [2.24, 2.45) is 0 Å². The van der Waals surface area contributed by atoms with Crippen molar-refractivity contribution in [1.82, 2.24) is 28.9 Å². The quantitative estimate of drug-likeness (QED) is 0.163. The van der Waals surface area contributed by atoms with Gasteiger partial charge in [-0.1, -0.05) is 170 Å². The molecule has 0 aliphatic carbocycles. The van der Waals surface area contributed by atoms with Crippen molar-refractivity contribution in [3.8, 4) is 73.4 Å². The van der Waals surface area contributed by atoms with E-state index in [-0.39, 0.29) is 0 Å². The van der Waals surface area contributed by atoms with Crippen LogP contribution in [0, 0.1) is 0 Å². The third kappa shape index (κ3) is 5.66. The second kappa shape index (κ2) is 14.0. The maximum Gasteiger partial charge on any atom is 0.165 e. The Hall–Kier alpha value is -7.96. The van der Waals surface area contributed by atoms with Gasteiger partial charge in [-0.3, -0.25) is 8.97 Å². The standard InChI is InChI=1S/C52H34N6/c1-5-17-35(18-6-1)43-31-32-53-52-46(43)54-50(57(52)42-27-11-4-12-28-42)41-26-16-24-39(34-41)38-23-15-25-40(33-38)47-44-29-13-14-30-45(44)51-56-48(36-19-7-2-8-20-36)55-49(58(47)51)37-21-9-3-10-22-37/h1-34H. The average molecular weight is 743 g/mol. The van der Waals surface area contributed by atoms with Crippen molar-refractivity contribution in [3.05, 3.63) is 206 Å². The molecular formula is C52H34N6. The molecule has 4 heterocycles. The summed E-state index contributed by atoms with van der Waals surface area (Å²) in [6, 6.07) is 69.4. The minimum atomic E-state index is 0.694. The maximum absolute atomic E-state index is 5.35. The molecule has 11 aromatic rings. The van der Waals surface area contributed by atoms with Crippen molar-refractivity contribution >= 4 is 27.6 Å². The van der Waals surface area contributed by atoms with Crippen LogP contribution in [0.3, 0.4) is 0 Å².